The first-order valence-electron chi connectivity index (χ1n) is 2.52. The molecule has 0 aromatic rings. The van der Waals surface area contributed by atoms with Gasteiger partial charge in [-0.05, 0) is 0 Å². The van der Waals surface area contributed by atoms with E-state index in [9.17, 15) is 14.4 Å². The van der Waals surface area contributed by atoms with Crippen LogP contribution in [0.2, 0.25) is 0 Å². The zero-order valence-electron chi connectivity index (χ0n) is 5.01. The third kappa shape index (κ3) is 1.29. The molecule has 0 aliphatic carbocycles. The van der Waals surface area contributed by atoms with E-state index in [4.69, 9.17) is 23.4 Å². The molecule has 1 aliphatic heterocycles. The molecule has 1 heterocycles. The van der Waals surface area contributed by atoms with Crippen molar-refractivity contribution < 1.29 is 14.4 Å². The normalized spacial score (nSPS) is 25.5. The maximum absolute atomic E-state index is 10.7. The lowest BCUT2D eigenvalue weighted by Gasteiger charge is -2.20. The van der Waals surface area contributed by atoms with Crippen LogP contribution in [0.3, 0.4) is 0 Å². The number of rotatable bonds is 0. The zero-order valence-corrected chi connectivity index (χ0v) is 6.52. The van der Waals surface area contributed by atoms with Crippen LogP contribution in [0.25, 0.3) is 0 Å². The van der Waals surface area contributed by atoms with Crippen LogP contribution in [0, 0.1) is 0 Å². The van der Waals surface area contributed by atoms with Gasteiger partial charge in [0.15, 0.2) is 5.38 Å². The van der Waals surface area contributed by atoms with Gasteiger partial charge in [-0.25, -0.2) is 4.79 Å². The van der Waals surface area contributed by atoms with Gasteiger partial charge >= 0.3 is 6.03 Å². The summed E-state index contributed by atoms with van der Waals surface area (Å²) in [5.74, 6) is -1.78. The number of hydrogen-bond donors (Lipinski definition) is 1. The van der Waals surface area contributed by atoms with Crippen molar-refractivity contribution >= 4 is 41.2 Å². The van der Waals surface area contributed by atoms with Crippen molar-refractivity contribution in [3.63, 3.8) is 0 Å². The Kier molecular flexibility index (Phi) is 2.01. The number of amides is 4. The molecule has 1 rings (SSSR count). The van der Waals surface area contributed by atoms with Crippen molar-refractivity contribution in [2.75, 3.05) is 0 Å². The van der Waals surface area contributed by atoms with Gasteiger partial charge in [0, 0.05) is 11.8 Å². The van der Waals surface area contributed by atoms with Crippen LogP contribution in [0.5, 0.6) is 0 Å². The number of nitrogens with one attached hydrogen (secondary N) is 1. The van der Waals surface area contributed by atoms with Crippen molar-refractivity contribution in [3.8, 4) is 0 Å². The highest BCUT2D eigenvalue weighted by atomic mass is 35.5. The highest BCUT2D eigenvalue weighted by molar-refractivity contribution is 6.49. The Morgan fingerprint density at radius 2 is 1.91 bits per heavy atom. The number of nitrogens with zero attached hydrogens (tertiary/aromatic N) is 1. The van der Waals surface area contributed by atoms with Gasteiger partial charge in [-0.1, -0.05) is 0 Å². The lowest BCUT2D eigenvalue weighted by Crippen LogP contribution is -2.55. The number of hydrogen-bond acceptors (Lipinski definition) is 3. The minimum absolute atomic E-state index is 0.235. The molecule has 11 heavy (non-hydrogen) atoms. The van der Waals surface area contributed by atoms with E-state index in [-0.39, 0.29) is 4.42 Å². The molecular weight excluding hydrogens is 195 g/mol. The number of imide groups is 2. The topological polar surface area (TPSA) is 66.5 Å². The lowest BCUT2D eigenvalue weighted by atomic mass is 10.3. The molecule has 1 N–H and O–H groups in total. The number of carbonyl (C=O) groups excluding carboxylic acids is 3. The smallest absolute Gasteiger partial charge is 0.275 e. The van der Waals surface area contributed by atoms with Gasteiger partial charge in [0.25, 0.3) is 11.8 Å². The average molecular weight is 197 g/mol. The Labute approximate surface area is 71.3 Å². The summed E-state index contributed by atoms with van der Waals surface area (Å²) in [5, 5.41) is 0.361. The van der Waals surface area contributed by atoms with Gasteiger partial charge in [0.1, 0.15) is 0 Å². The molecule has 7 heteroatoms. The largest absolute Gasteiger partial charge is 0.345 e. The van der Waals surface area contributed by atoms with Crippen molar-refractivity contribution in [1.82, 2.24) is 9.74 Å². The number of barbiturate groups is 1. The first-order valence-corrected chi connectivity index (χ1v) is 3.30. The van der Waals surface area contributed by atoms with Crippen LogP contribution in [0.1, 0.15) is 0 Å². The van der Waals surface area contributed by atoms with Crippen LogP contribution in [0.4, 0.5) is 4.79 Å². The molecule has 1 aliphatic rings. The lowest BCUT2D eigenvalue weighted by molar-refractivity contribution is -0.132. The number of halogens is 2. The van der Waals surface area contributed by atoms with Gasteiger partial charge in [0.2, 0.25) is 0 Å². The first kappa shape index (κ1) is 8.29. The van der Waals surface area contributed by atoms with E-state index < -0.39 is 23.2 Å². The quantitative estimate of drug-likeness (QED) is 0.333. The Bertz CT molecular complexity index is 219. The predicted octanol–water partition coefficient (Wildman–Crippen LogP) is -0.174. The van der Waals surface area contributed by atoms with E-state index in [0.29, 0.717) is 0 Å². The van der Waals surface area contributed by atoms with Crippen LogP contribution in [-0.4, -0.2) is 27.6 Å². The standard InChI is InChI=1S/C4H2Cl2N2O3/c5-1-2(9)7-4(11)8(6)3(1)10/h1H,(H,7,9,11)/t1-/m1/s1. The maximum Gasteiger partial charge on any atom is 0.345 e. The summed E-state index contributed by atoms with van der Waals surface area (Å²) in [6.07, 6.45) is 0. The summed E-state index contributed by atoms with van der Waals surface area (Å²) in [6.45, 7) is 0. The van der Waals surface area contributed by atoms with Crippen LogP contribution in [0.15, 0.2) is 0 Å². The van der Waals surface area contributed by atoms with Gasteiger partial charge in [-0.3, -0.25) is 14.9 Å². The van der Waals surface area contributed by atoms with Crippen LogP contribution < -0.4 is 5.32 Å². The molecule has 0 aromatic carbocycles. The Morgan fingerprint density at radius 3 is 2.45 bits per heavy atom. The van der Waals surface area contributed by atoms with E-state index in [1.54, 1.807) is 5.32 Å². The fourth-order valence-corrected chi connectivity index (χ4v) is 0.872. The Morgan fingerprint density at radius 1 is 1.36 bits per heavy atom. The van der Waals surface area contributed by atoms with Crippen LogP contribution in [-0.2, 0) is 9.59 Å². The molecule has 1 fully saturated rings. The summed E-state index contributed by atoms with van der Waals surface area (Å²) in [6, 6.07) is -0.974. The monoisotopic (exact) mass is 196 g/mol. The molecule has 0 bridgehead atoms. The van der Waals surface area contributed by atoms with E-state index >= 15 is 0 Å². The first-order chi connectivity index (χ1) is 5.04. The van der Waals surface area contributed by atoms with Gasteiger partial charge in [-0.15, -0.1) is 11.6 Å². The highest BCUT2D eigenvalue weighted by Crippen LogP contribution is 2.10. The average Bonchev–Trinajstić information content (AvgIpc) is 1.97. The Balaban J connectivity index is 2.87. The molecule has 0 unspecified atom stereocenters. The molecule has 4 amide bonds. The molecule has 0 aromatic heterocycles. The maximum atomic E-state index is 10.7. The minimum Gasteiger partial charge on any atom is -0.275 e. The van der Waals surface area contributed by atoms with Gasteiger partial charge < -0.3 is 0 Å². The summed E-state index contributed by atoms with van der Waals surface area (Å²) in [4.78, 5) is 31.9. The molecular formula is C4H2Cl2N2O3. The number of carbonyl (C=O) groups is 3. The second kappa shape index (κ2) is 2.67. The fraction of sp³-hybridized carbons (Fsp3) is 0.250. The molecule has 1 saturated heterocycles. The minimum atomic E-state index is -1.41. The van der Waals surface area contributed by atoms with E-state index in [0.717, 1.165) is 0 Å². The summed E-state index contributed by atoms with van der Waals surface area (Å²) in [7, 11) is 0. The number of alkyl halides is 1. The second-order valence-electron chi connectivity index (χ2n) is 1.78. The summed E-state index contributed by atoms with van der Waals surface area (Å²) < 4.78 is 0.235. The van der Waals surface area contributed by atoms with Crippen molar-refractivity contribution in [2.45, 2.75) is 5.38 Å². The molecule has 60 valence electrons. The second-order valence-corrected chi connectivity index (χ2v) is 2.55. The van der Waals surface area contributed by atoms with E-state index in [2.05, 4.69) is 0 Å². The zero-order chi connectivity index (χ0) is 8.59. The molecule has 0 radical (unpaired) electrons. The predicted molar refractivity (Wildman–Crippen MR) is 35.9 cm³/mol. The van der Waals surface area contributed by atoms with Crippen molar-refractivity contribution in [3.05, 3.63) is 0 Å². The molecule has 5 nitrogen and oxygen atoms in total. The van der Waals surface area contributed by atoms with Crippen molar-refractivity contribution in [1.29, 1.82) is 0 Å². The fourth-order valence-electron chi connectivity index (χ4n) is 0.530. The van der Waals surface area contributed by atoms with Gasteiger partial charge in [-0.2, -0.15) is 4.42 Å². The molecule has 0 saturated carbocycles. The third-order valence-electron chi connectivity index (χ3n) is 1.05. The van der Waals surface area contributed by atoms with Gasteiger partial charge in [0.05, 0.1) is 0 Å². The molecule has 0 spiro atoms. The Hall–Kier alpha value is -0.810. The van der Waals surface area contributed by atoms with Crippen molar-refractivity contribution in [2.24, 2.45) is 0 Å². The summed E-state index contributed by atoms with van der Waals surface area (Å²) in [5.41, 5.74) is 0. The van der Waals surface area contributed by atoms with E-state index in [1.807, 2.05) is 0 Å². The molecule has 1 atom stereocenters. The summed E-state index contributed by atoms with van der Waals surface area (Å²) >= 11 is 10.4. The van der Waals surface area contributed by atoms with E-state index in [1.165, 1.54) is 0 Å². The third-order valence-corrected chi connectivity index (χ3v) is 1.75. The highest BCUT2D eigenvalue weighted by Gasteiger charge is 2.38. The van der Waals surface area contributed by atoms with Crippen LogP contribution >= 0.6 is 23.4 Å². The SMILES string of the molecule is O=C1NC(=O)N(Cl)C(=O)[C@@H]1Cl. The number of urea groups is 1.